The van der Waals surface area contributed by atoms with Crippen molar-refractivity contribution in [2.75, 3.05) is 18.2 Å². The molecule has 1 aromatic heterocycles. The molecule has 98 valence electrons. The van der Waals surface area contributed by atoms with Gasteiger partial charge < -0.3 is 4.57 Å². The van der Waals surface area contributed by atoms with Gasteiger partial charge in [-0.15, -0.1) is 11.6 Å². The minimum Gasteiger partial charge on any atom is -0.337 e. The molecule has 7 heteroatoms. The molecule has 1 rings (SSSR count). The molecule has 5 nitrogen and oxygen atoms in total. The van der Waals surface area contributed by atoms with Gasteiger partial charge in [-0.25, -0.2) is 18.1 Å². The highest BCUT2D eigenvalue weighted by Gasteiger charge is 2.08. The van der Waals surface area contributed by atoms with Crippen LogP contribution in [-0.4, -0.2) is 36.1 Å². The summed E-state index contributed by atoms with van der Waals surface area (Å²) in [6.45, 7) is 1.23. The van der Waals surface area contributed by atoms with Crippen molar-refractivity contribution in [3.8, 4) is 0 Å². The van der Waals surface area contributed by atoms with Gasteiger partial charge >= 0.3 is 0 Å². The standard InChI is InChI=1S/C10H18ClN3O2S/c11-4-1-2-9-17(15,16)13-5-3-7-14-8-6-12-10-14/h6,8,10,13H,1-5,7,9H2. The third-order valence-electron chi connectivity index (χ3n) is 2.27. The van der Waals surface area contributed by atoms with Gasteiger partial charge in [0.05, 0.1) is 12.1 Å². The Labute approximate surface area is 107 Å². The van der Waals surface area contributed by atoms with Crippen molar-refractivity contribution in [1.82, 2.24) is 14.3 Å². The molecule has 0 aliphatic carbocycles. The summed E-state index contributed by atoms with van der Waals surface area (Å²) in [7, 11) is -3.13. The molecular weight excluding hydrogens is 262 g/mol. The third kappa shape index (κ3) is 6.65. The molecule has 0 saturated heterocycles. The molecule has 1 heterocycles. The topological polar surface area (TPSA) is 64.0 Å². The highest BCUT2D eigenvalue weighted by atomic mass is 35.5. The summed E-state index contributed by atoms with van der Waals surface area (Å²) in [4.78, 5) is 3.91. The Morgan fingerprint density at radius 2 is 2.12 bits per heavy atom. The second-order valence-corrected chi connectivity index (χ2v) is 6.07. The number of hydrogen-bond donors (Lipinski definition) is 1. The van der Waals surface area contributed by atoms with Gasteiger partial charge in [0.2, 0.25) is 10.0 Å². The van der Waals surface area contributed by atoms with Crippen molar-refractivity contribution in [1.29, 1.82) is 0 Å². The molecule has 0 radical (unpaired) electrons. The van der Waals surface area contributed by atoms with Gasteiger partial charge in [-0.3, -0.25) is 0 Å². The van der Waals surface area contributed by atoms with Crippen LogP contribution in [0.15, 0.2) is 18.7 Å². The number of alkyl halides is 1. The van der Waals surface area contributed by atoms with Crippen molar-refractivity contribution in [3.05, 3.63) is 18.7 Å². The molecule has 0 saturated carbocycles. The predicted molar refractivity (Wildman–Crippen MR) is 68.6 cm³/mol. The number of rotatable bonds is 9. The van der Waals surface area contributed by atoms with Gasteiger partial charge in [-0.2, -0.15) is 0 Å². The molecular formula is C10H18ClN3O2S. The smallest absolute Gasteiger partial charge is 0.211 e. The van der Waals surface area contributed by atoms with E-state index >= 15 is 0 Å². The zero-order chi connectivity index (χ0) is 12.6. The van der Waals surface area contributed by atoms with Crippen LogP contribution < -0.4 is 4.72 Å². The van der Waals surface area contributed by atoms with Gasteiger partial charge in [0.25, 0.3) is 0 Å². The first-order valence-electron chi connectivity index (χ1n) is 5.63. The van der Waals surface area contributed by atoms with Crippen LogP contribution in [-0.2, 0) is 16.6 Å². The molecule has 0 fully saturated rings. The lowest BCUT2D eigenvalue weighted by molar-refractivity contribution is 0.567. The highest BCUT2D eigenvalue weighted by Crippen LogP contribution is 1.97. The van der Waals surface area contributed by atoms with Crippen LogP contribution in [0.2, 0.25) is 0 Å². The minimum atomic E-state index is -3.13. The van der Waals surface area contributed by atoms with Crippen LogP contribution in [0.25, 0.3) is 0 Å². The average Bonchev–Trinajstić information content (AvgIpc) is 2.77. The zero-order valence-electron chi connectivity index (χ0n) is 9.68. The molecule has 1 aromatic rings. The Kier molecular flexibility index (Phi) is 6.54. The fourth-order valence-electron chi connectivity index (χ4n) is 1.37. The third-order valence-corrected chi connectivity index (χ3v) is 4.01. The highest BCUT2D eigenvalue weighted by molar-refractivity contribution is 7.89. The van der Waals surface area contributed by atoms with Crippen molar-refractivity contribution in [2.45, 2.75) is 25.8 Å². The number of imidazole rings is 1. The number of halogens is 1. The van der Waals surface area contributed by atoms with Crippen LogP contribution in [0.1, 0.15) is 19.3 Å². The maximum Gasteiger partial charge on any atom is 0.211 e. The summed E-state index contributed by atoms with van der Waals surface area (Å²) < 4.78 is 27.5. The molecule has 0 atom stereocenters. The van der Waals surface area contributed by atoms with Crippen molar-refractivity contribution in [3.63, 3.8) is 0 Å². The number of nitrogens with zero attached hydrogens (tertiary/aromatic N) is 2. The van der Waals surface area contributed by atoms with Gasteiger partial charge in [-0.1, -0.05) is 0 Å². The van der Waals surface area contributed by atoms with E-state index in [9.17, 15) is 8.42 Å². The number of nitrogens with one attached hydrogen (secondary N) is 1. The Morgan fingerprint density at radius 1 is 1.29 bits per heavy atom. The molecule has 0 unspecified atom stereocenters. The minimum absolute atomic E-state index is 0.158. The van der Waals surface area contributed by atoms with Crippen LogP contribution in [0.5, 0.6) is 0 Å². The largest absolute Gasteiger partial charge is 0.337 e. The molecule has 0 aromatic carbocycles. The fourth-order valence-corrected chi connectivity index (χ4v) is 2.74. The first kappa shape index (κ1) is 14.5. The first-order chi connectivity index (χ1) is 8.14. The number of hydrogen-bond acceptors (Lipinski definition) is 3. The van der Waals surface area contributed by atoms with Crippen LogP contribution in [0.3, 0.4) is 0 Å². The number of sulfonamides is 1. The number of aromatic nitrogens is 2. The quantitative estimate of drug-likeness (QED) is 0.546. The maximum atomic E-state index is 11.5. The molecule has 0 amide bonds. The van der Waals surface area contributed by atoms with E-state index in [1.165, 1.54) is 0 Å². The Balaban J connectivity index is 2.12. The van der Waals surface area contributed by atoms with E-state index in [4.69, 9.17) is 11.6 Å². The van der Waals surface area contributed by atoms with E-state index in [1.54, 1.807) is 12.5 Å². The zero-order valence-corrected chi connectivity index (χ0v) is 11.3. The average molecular weight is 280 g/mol. The maximum absolute atomic E-state index is 11.5. The molecule has 0 aliphatic heterocycles. The van der Waals surface area contributed by atoms with Crippen LogP contribution >= 0.6 is 11.6 Å². The SMILES string of the molecule is O=S(=O)(CCCCCl)NCCCn1ccnc1. The van der Waals surface area contributed by atoms with Gasteiger partial charge in [-0.05, 0) is 19.3 Å². The van der Waals surface area contributed by atoms with E-state index in [1.807, 2.05) is 10.8 Å². The van der Waals surface area contributed by atoms with Gasteiger partial charge in [0, 0.05) is 31.4 Å². The van der Waals surface area contributed by atoms with Crippen molar-refractivity contribution in [2.24, 2.45) is 0 Å². The lowest BCUT2D eigenvalue weighted by Crippen LogP contribution is -2.28. The summed E-state index contributed by atoms with van der Waals surface area (Å²) in [5, 5.41) is 0. The summed E-state index contributed by atoms with van der Waals surface area (Å²) in [5.74, 6) is 0.668. The van der Waals surface area contributed by atoms with E-state index in [0.29, 0.717) is 18.8 Å². The Morgan fingerprint density at radius 3 is 2.76 bits per heavy atom. The normalized spacial score (nSPS) is 11.8. The lowest BCUT2D eigenvalue weighted by atomic mass is 10.4. The molecule has 1 N–H and O–H groups in total. The van der Waals surface area contributed by atoms with Gasteiger partial charge in [0.15, 0.2) is 0 Å². The van der Waals surface area contributed by atoms with Crippen LogP contribution in [0.4, 0.5) is 0 Å². The lowest BCUT2D eigenvalue weighted by Gasteiger charge is -2.06. The van der Waals surface area contributed by atoms with E-state index in [0.717, 1.165) is 19.4 Å². The molecule has 0 bridgehead atoms. The fraction of sp³-hybridized carbons (Fsp3) is 0.700. The second kappa shape index (κ2) is 7.68. The van der Waals surface area contributed by atoms with E-state index < -0.39 is 10.0 Å². The Hall–Kier alpha value is -0.590. The number of unbranched alkanes of at least 4 members (excludes halogenated alkanes) is 1. The summed E-state index contributed by atoms with van der Waals surface area (Å²) in [6, 6.07) is 0. The molecule has 0 spiro atoms. The van der Waals surface area contributed by atoms with E-state index in [2.05, 4.69) is 9.71 Å². The first-order valence-corrected chi connectivity index (χ1v) is 7.82. The summed E-state index contributed by atoms with van der Waals surface area (Å²) in [5.41, 5.74) is 0. The van der Waals surface area contributed by atoms with Crippen LogP contribution in [0, 0.1) is 0 Å². The monoisotopic (exact) mass is 279 g/mol. The predicted octanol–water partition coefficient (Wildman–Crippen LogP) is 1.21. The molecule has 17 heavy (non-hydrogen) atoms. The van der Waals surface area contributed by atoms with Gasteiger partial charge in [0.1, 0.15) is 0 Å². The van der Waals surface area contributed by atoms with E-state index in [-0.39, 0.29) is 5.75 Å². The Bertz CT molecular complexity index is 392. The van der Waals surface area contributed by atoms with Crippen molar-refractivity contribution < 1.29 is 8.42 Å². The number of aryl methyl sites for hydroxylation is 1. The molecule has 0 aliphatic rings. The summed E-state index contributed by atoms with van der Waals surface area (Å²) in [6.07, 6.45) is 7.38. The second-order valence-electron chi connectivity index (χ2n) is 3.76. The van der Waals surface area contributed by atoms with Crippen molar-refractivity contribution >= 4 is 21.6 Å². The summed E-state index contributed by atoms with van der Waals surface area (Å²) >= 11 is 5.49.